The molecule has 20 heteroatoms. The standard InChI is InChI=1S/C29H59N7O13/c1-29(45)11-46-28(22(43)25(29)34-2)49-24-16(36-26(44)20(41)19(33)17(39)6-30)5-15(32)23(21(24)42)48-27-14(31)4-3-13(47-27)7-35-8-18(40)12(9-37)10-38/h12-25,27-28,34-35,37-43,45H,3-11,30-33H2,1-2H3,(H,36,44). The molecule has 2 saturated heterocycles. The molecule has 49 heavy (non-hydrogen) atoms. The summed E-state index contributed by atoms with van der Waals surface area (Å²) in [6, 6.07) is -4.97. The first-order valence-electron chi connectivity index (χ1n) is 16.7. The highest BCUT2D eigenvalue weighted by atomic mass is 16.7. The van der Waals surface area contributed by atoms with E-state index in [0.29, 0.717) is 12.8 Å². The molecule has 0 bridgehead atoms. The van der Waals surface area contributed by atoms with Crippen LogP contribution in [0.5, 0.6) is 0 Å². The van der Waals surface area contributed by atoms with Gasteiger partial charge in [-0.3, -0.25) is 4.79 Å². The highest BCUT2D eigenvalue weighted by molar-refractivity contribution is 5.81. The molecule has 0 spiro atoms. The Kier molecular flexibility index (Phi) is 16.4. The summed E-state index contributed by atoms with van der Waals surface area (Å²) in [6.45, 7) is 0.522. The SMILES string of the molecule is CNC1C(O)C(OC2C(NC(=O)C(O)C(N)C(O)CN)CC(N)C(OC3OC(CNCC(O)C(CO)CO)CCC3N)C2O)OCC1(C)O. The number of aliphatic hydroxyl groups excluding tert-OH is 7. The van der Waals surface area contributed by atoms with Gasteiger partial charge in [0.15, 0.2) is 12.6 Å². The van der Waals surface area contributed by atoms with Crippen LogP contribution in [0.2, 0.25) is 0 Å². The smallest absolute Gasteiger partial charge is 0.250 e. The number of ether oxygens (including phenoxy) is 4. The van der Waals surface area contributed by atoms with Gasteiger partial charge in [0.2, 0.25) is 0 Å². The molecule has 0 aromatic heterocycles. The van der Waals surface area contributed by atoms with E-state index < -0.39 is 109 Å². The third kappa shape index (κ3) is 10.7. The van der Waals surface area contributed by atoms with E-state index in [2.05, 4.69) is 16.0 Å². The van der Waals surface area contributed by atoms with Gasteiger partial charge in [-0.2, -0.15) is 0 Å². The van der Waals surface area contributed by atoms with Gasteiger partial charge in [-0.05, 0) is 33.2 Å². The number of carbonyl (C=O) groups is 1. The molecule has 2 aliphatic heterocycles. The van der Waals surface area contributed by atoms with Crippen molar-refractivity contribution >= 4 is 5.91 Å². The molecule has 3 rings (SSSR count). The van der Waals surface area contributed by atoms with Gasteiger partial charge < -0.3 is 98.7 Å². The van der Waals surface area contributed by atoms with Gasteiger partial charge in [0.05, 0.1) is 62.3 Å². The maximum Gasteiger partial charge on any atom is 0.250 e. The summed E-state index contributed by atoms with van der Waals surface area (Å²) in [7, 11) is 1.53. The van der Waals surface area contributed by atoms with Crippen LogP contribution in [0, 0.1) is 5.92 Å². The average molecular weight is 714 g/mol. The van der Waals surface area contributed by atoms with Crippen molar-refractivity contribution in [2.45, 2.75) is 123 Å². The predicted molar refractivity (Wildman–Crippen MR) is 171 cm³/mol. The van der Waals surface area contributed by atoms with Crippen LogP contribution in [0.25, 0.3) is 0 Å². The number of hydrogen-bond acceptors (Lipinski definition) is 19. The molecule has 0 aromatic carbocycles. The second-order valence-electron chi connectivity index (χ2n) is 13.5. The van der Waals surface area contributed by atoms with Crippen molar-refractivity contribution in [3.05, 3.63) is 0 Å². The number of nitrogens with two attached hydrogens (primary N) is 4. The Bertz CT molecular complexity index is 1000. The molecule has 0 aromatic rings. The van der Waals surface area contributed by atoms with E-state index in [1.807, 2.05) is 0 Å². The molecule has 288 valence electrons. The fraction of sp³-hybridized carbons (Fsp3) is 0.966. The van der Waals surface area contributed by atoms with E-state index >= 15 is 0 Å². The number of hydrogen-bond donors (Lipinski definition) is 15. The summed E-state index contributed by atoms with van der Waals surface area (Å²) >= 11 is 0. The summed E-state index contributed by atoms with van der Waals surface area (Å²) in [5, 5.41) is 91.0. The molecular formula is C29H59N7O13. The van der Waals surface area contributed by atoms with Crippen LogP contribution in [0.3, 0.4) is 0 Å². The number of aliphatic hydroxyl groups is 8. The van der Waals surface area contributed by atoms with E-state index in [1.54, 1.807) is 0 Å². The van der Waals surface area contributed by atoms with Crippen molar-refractivity contribution < 1.29 is 64.6 Å². The van der Waals surface area contributed by atoms with Crippen molar-refractivity contribution in [3.63, 3.8) is 0 Å². The minimum Gasteiger partial charge on any atom is -0.396 e. The summed E-state index contributed by atoms with van der Waals surface area (Å²) in [5.74, 6) is -1.70. The summed E-state index contributed by atoms with van der Waals surface area (Å²) < 4.78 is 24.0. The third-order valence-electron chi connectivity index (χ3n) is 9.63. The molecule has 3 aliphatic rings. The van der Waals surface area contributed by atoms with Crippen molar-refractivity contribution in [1.82, 2.24) is 16.0 Å². The summed E-state index contributed by atoms with van der Waals surface area (Å²) in [4.78, 5) is 13.0. The molecule has 16 atom stereocenters. The van der Waals surface area contributed by atoms with Crippen LogP contribution in [0.1, 0.15) is 26.2 Å². The normalized spacial score (nSPS) is 39.7. The van der Waals surface area contributed by atoms with Crippen LogP contribution < -0.4 is 38.9 Å². The minimum atomic E-state index is -1.89. The Morgan fingerprint density at radius 3 is 2.27 bits per heavy atom. The lowest BCUT2D eigenvalue weighted by Gasteiger charge is -2.49. The van der Waals surface area contributed by atoms with Crippen LogP contribution >= 0.6 is 0 Å². The minimum absolute atomic E-state index is 0.0722. The Morgan fingerprint density at radius 1 is 1.00 bits per heavy atom. The zero-order valence-corrected chi connectivity index (χ0v) is 28.0. The Labute approximate surface area is 285 Å². The monoisotopic (exact) mass is 713 g/mol. The highest BCUT2D eigenvalue weighted by Crippen LogP contribution is 2.32. The topological polar surface area (TPSA) is 356 Å². The van der Waals surface area contributed by atoms with Gasteiger partial charge in [-0.15, -0.1) is 0 Å². The van der Waals surface area contributed by atoms with E-state index in [-0.39, 0.29) is 45.9 Å². The van der Waals surface area contributed by atoms with Gasteiger partial charge >= 0.3 is 0 Å². The van der Waals surface area contributed by atoms with Gasteiger partial charge in [0.25, 0.3) is 5.91 Å². The quantitative estimate of drug-likeness (QED) is 0.0665. The second-order valence-corrected chi connectivity index (χ2v) is 13.5. The number of likely N-dealkylation sites (N-methyl/N-ethyl adjacent to an activating group) is 1. The van der Waals surface area contributed by atoms with Crippen LogP contribution in [-0.2, 0) is 23.7 Å². The number of carbonyl (C=O) groups excluding carboxylic acids is 1. The van der Waals surface area contributed by atoms with Gasteiger partial charge in [-0.1, -0.05) is 0 Å². The van der Waals surface area contributed by atoms with E-state index in [0.717, 1.165) is 0 Å². The van der Waals surface area contributed by atoms with Crippen molar-refractivity contribution in [2.75, 3.05) is 46.5 Å². The molecule has 0 radical (unpaired) electrons. The van der Waals surface area contributed by atoms with Crippen LogP contribution in [-0.4, -0.2) is 190 Å². The van der Waals surface area contributed by atoms with Crippen molar-refractivity contribution in [1.29, 1.82) is 0 Å². The average Bonchev–Trinajstić information content (AvgIpc) is 3.06. The van der Waals surface area contributed by atoms with Gasteiger partial charge in [-0.25, -0.2) is 0 Å². The lowest BCUT2D eigenvalue weighted by molar-refractivity contribution is -0.307. The molecule has 1 amide bonds. The lowest BCUT2D eigenvalue weighted by Crippen LogP contribution is -2.70. The summed E-state index contributed by atoms with van der Waals surface area (Å²) in [5.41, 5.74) is 22.5. The van der Waals surface area contributed by atoms with Crippen LogP contribution in [0.4, 0.5) is 0 Å². The molecule has 20 nitrogen and oxygen atoms in total. The predicted octanol–water partition coefficient (Wildman–Crippen LogP) is -8.22. The maximum atomic E-state index is 13.0. The maximum absolute atomic E-state index is 13.0. The molecule has 1 aliphatic carbocycles. The van der Waals surface area contributed by atoms with E-state index in [1.165, 1.54) is 14.0 Å². The molecular weight excluding hydrogens is 654 g/mol. The molecule has 2 heterocycles. The molecule has 1 saturated carbocycles. The number of amides is 1. The van der Waals surface area contributed by atoms with Crippen LogP contribution in [0.15, 0.2) is 0 Å². The highest BCUT2D eigenvalue weighted by Gasteiger charge is 2.52. The fourth-order valence-corrected chi connectivity index (χ4v) is 6.44. The zero-order valence-electron chi connectivity index (χ0n) is 28.0. The summed E-state index contributed by atoms with van der Waals surface area (Å²) in [6.07, 6.45) is -11.7. The Balaban J connectivity index is 1.76. The fourth-order valence-electron chi connectivity index (χ4n) is 6.44. The zero-order chi connectivity index (χ0) is 36.6. The second kappa shape index (κ2) is 19.0. The number of nitrogens with one attached hydrogen (secondary N) is 3. The van der Waals surface area contributed by atoms with Crippen molar-refractivity contribution in [2.24, 2.45) is 28.9 Å². The lowest BCUT2D eigenvalue weighted by atomic mass is 9.83. The largest absolute Gasteiger partial charge is 0.396 e. The Hall–Kier alpha value is -1.25. The molecule has 19 N–H and O–H groups in total. The van der Waals surface area contributed by atoms with Crippen molar-refractivity contribution in [3.8, 4) is 0 Å². The number of rotatable bonds is 17. The first kappa shape index (κ1) is 42.2. The van der Waals surface area contributed by atoms with Gasteiger partial charge in [0, 0.05) is 31.6 Å². The molecule has 16 unspecified atom stereocenters. The third-order valence-corrected chi connectivity index (χ3v) is 9.63. The van der Waals surface area contributed by atoms with E-state index in [9.17, 15) is 45.6 Å². The first-order chi connectivity index (χ1) is 23.1. The van der Waals surface area contributed by atoms with E-state index in [4.69, 9.17) is 41.9 Å². The Morgan fingerprint density at radius 2 is 1.65 bits per heavy atom. The molecule has 3 fully saturated rings. The van der Waals surface area contributed by atoms with Gasteiger partial charge in [0.1, 0.15) is 36.1 Å². The first-order valence-corrected chi connectivity index (χ1v) is 16.7.